The summed E-state index contributed by atoms with van der Waals surface area (Å²) in [7, 11) is 0. The second kappa shape index (κ2) is 16.0. The van der Waals surface area contributed by atoms with Crippen molar-refractivity contribution in [2.45, 2.75) is 26.5 Å². The highest BCUT2D eigenvalue weighted by molar-refractivity contribution is 8.01. The molecule has 0 fully saturated rings. The van der Waals surface area contributed by atoms with Crippen molar-refractivity contribution in [2.24, 2.45) is 0 Å². The molecule has 4 aliphatic heterocycles. The maximum absolute atomic E-state index is 6.56. The van der Waals surface area contributed by atoms with Crippen LogP contribution in [-0.4, -0.2) is 13.4 Å². The molecular formula is C63H40B2N2O2S2. The van der Waals surface area contributed by atoms with Gasteiger partial charge in [-0.2, -0.15) is 0 Å². The molecule has 0 radical (unpaired) electrons. The summed E-state index contributed by atoms with van der Waals surface area (Å²) in [5, 5.41) is 4.71. The van der Waals surface area contributed by atoms with Gasteiger partial charge in [-0.15, -0.1) is 0 Å². The van der Waals surface area contributed by atoms with E-state index in [2.05, 4.69) is 181 Å². The second-order valence-corrected chi connectivity index (χ2v) is 21.0. The fraction of sp³-hybridized carbons (Fsp3) is 0.0159. The zero-order valence-electron chi connectivity index (χ0n) is 38.5. The summed E-state index contributed by atoms with van der Waals surface area (Å²) < 4.78 is 13.0. The summed E-state index contributed by atoms with van der Waals surface area (Å²) >= 11 is 3.82. The molecule has 0 aliphatic carbocycles. The first-order chi connectivity index (χ1) is 35.1. The molecule has 4 heterocycles. The van der Waals surface area contributed by atoms with Crippen LogP contribution < -0.4 is 52.1 Å². The quantitative estimate of drug-likeness (QED) is 0.154. The first-order valence-electron chi connectivity index (χ1n) is 24.2. The van der Waals surface area contributed by atoms with Gasteiger partial charge in [0, 0.05) is 53.4 Å². The minimum absolute atomic E-state index is 0.0530. The summed E-state index contributed by atoms with van der Waals surface area (Å²) in [4.78, 5) is 10.3. The summed E-state index contributed by atoms with van der Waals surface area (Å²) in [5.74, 6) is 3.27. The number of fused-ring (bicyclic) bond motifs is 12. The lowest BCUT2D eigenvalue weighted by atomic mass is 9.31. The monoisotopic (exact) mass is 942 g/mol. The maximum Gasteiger partial charge on any atom is 0.252 e. The number of para-hydroxylation sites is 4. The van der Waals surface area contributed by atoms with Gasteiger partial charge in [-0.3, -0.25) is 0 Å². The third-order valence-corrected chi connectivity index (χ3v) is 17.0. The molecule has 0 unspecified atom stereocenters. The number of hydrogen-bond acceptors (Lipinski definition) is 6. The van der Waals surface area contributed by atoms with Gasteiger partial charge in [0.25, 0.3) is 6.71 Å². The highest BCUT2D eigenvalue weighted by atomic mass is 32.2. The van der Waals surface area contributed by atoms with Gasteiger partial charge < -0.3 is 19.3 Å². The van der Waals surface area contributed by atoms with E-state index in [1.165, 1.54) is 96.8 Å². The lowest BCUT2D eigenvalue weighted by Crippen LogP contribution is -2.64. The molecule has 0 saturated carbocycles. The van der Waals surface area contributed by atoms with Crippen molar-refractivity contribution in [1.82, 2.24) is 0 Å². The third-order valence-electron chi connectivity index (χ3n) is 14.6. The Kier molecular flexibility index (Phi) is 9.20. The predicted octanol–water partition coefficient (Wildman–Crippen LogP) is 13.4. The molecule has 15 rings (SSSR count). The molecule has 4 nitrogen and oxygen atoms in total. The van der Waals surface area contributed by atoms with Crippen LogP contribution in [0.4, 0.5) is 34.1 Å². The first kappa shape index (κ1) is 40.8. The SMILES string of the molecule is Cc1ccc(N2c3ccccc3B3c4cc5c(cc4N(c4ccccc4)c4c3c2cc2cc(Oc3ccccc3)ccc42)Sc2c3c(cc4cc(Oc6ccccc6)ccc24)Sc2ccccc2B53)cc1. The van der Waals surface area contributed by atoms with Gasteiger partial charge in [0.1, 0.15) is 23.0 Å². The van der Waals surface area contributed by atoms with E-state index in [0.717, 1.165) is 39.8 Å². The summed E-state index contributed by atoms with van der Waals surface area (Å²) in [6, 6.07) is 81.5. The van der Waals surface area contributed by atoms with Crippen LogP contribution >= 0.6 is 23.5 Å². The highest BCUT2D eigenvalue weighted by Gasteiger charge is 2.47. The van der Waals surface area contributed by atoms with E-state index in [1.807, 2.05) is 84.2 Å². The number of aryl methyl sites for hydroxylation is 1. The van der Waals surface area contributed by atoms with Gasteiger partial charge in [0.15, 0.2) is 0 Å². The van der Waals surface area contributed by atoms with Crippen LogP contribution in [0.1, 0.15) is 5.56 Å². The number of ether oxygens (including phenoxy) is 2. The topological polar surface area (TPSA) is 24.9 Å². The Labute approximate surface area is 421 Å². The zero-order valence-corrected chi connectivity index (χ0v) is 40.2. The van der Waals surface area contributed by atoms with Crippen LogP contribution in [0.5, 0.6) is 23.0 Å². The van der Waals surface area contributed by atoms with Crippen molar-refractivity contribution in [3.63, 3.8) is 0 Å². The maximum atomic E-state index is 6.56. The lowest BCUT2D eigenvalue weighted by molar-refractivity contribution is 0.483. The molecule has 71 heavy (non-hydrogen) atoms. The van der Waals surface area contributed by atoms with Gasteiger partial charge in [0.2, 0.25) is 6.71 Å². The van der Waals surface area contributed by atoms with Crippen LogP contribution in [0.2, 0.25) is 0 Å². The van der Waals surface area contributed by atoms with E-state index in [-0.39, 0.29) is 13.4 Å². The Hall–Kier alpha value is -8.03. The molecule has 0 saturated heterocycles. The minimum Gasteiger partial charge on any atom is -0.457 e. The first-order valence-corrected chi connectivity index (χ1v) is 25.8. The number of nitrogens with zero attached hydrogens (tertiary/aromatic N) is 2. The Morgan fingerprint density at radius 3 is 1.70 bits per heavy atom. The molecule has 0 aromatic heterocycles. The van der Waals surface area contributed by atoms with Gasteiger partial charge >= 0.3 is 0 Å². The van der Waals surface area contributed by atoms with E-state index < -0.39 is 0 Å². The van der Waals surface area contributed by atoms with Crippen LogP contribution in [0.25, 0.3) is 21.5 Å². The minimum atomic E-state index is -0.0541. The Morgan fingerprint density at radius 2 is 0.972 bits per heavy atom. The number of hydrogen-bond donors (Lipinski definition) is 0. The molecule has 0 bridgehead atoms. The van der Waals surface area contributed by atoms with Gasteiger partial charge in [0.05, 0.1) is 5.69 Å². The number of anilines is 6. The van der Waals surface area contributed by atoms with Crippen molar-refractivity contribution in [3.05, 3.63) is 230 Å². The second-order valence-electron chi connectivity index (χ2n) is 18.8. The normalized spacial score (nSPS) is 13.5. The van der Waals surface area contributed by atoms with Crippen molar-refractivity contribution in [2.75, 3.05) is 9.80 Å². The largest absolute Gasteiger partial charge is 0.457 e. The fourth-order valence-corrected chi connectivity index (χ4v) is 14.2. The average Bonchev–Trinajstić information content (AvgIpc) is 3.41. The van der Waals surface area contributed by atoms with E-state index in [1.54, 1.807) is 0 Å². The van der Waals surface area contributed by atoms with Crippen molar-refractivity contribution in [1.29, 1.82) is 0 Å². The summed E-state index contributed by atoms with van der Waals surface area (Å²) in [6.07, 6.45) is 0. The van der Waals surface area contributed by atoms with Gasteiger partial charge in [-0.25, -0.2) is 0 Å². The zero-order chi connectivity index (χ0) is 46.7. The van der Waals surface area contributed by atoms with E-state index >= 15 is 0 Å². The lowest BCUT2D eigenvalue weighted by Gasteiger charge is -2.45. The molecule has 11 aromatic carbocycles. The molecule has 0 spiro atoms. The molecular weight excluding hydrogens is 902 g/mol. The average molecular weight is 943 g/mol. The van der Waals surface area contributed by atoms with Crippen LogP contribution in [0.15, 0.2) is 244 Å². The van der Waals surface area contributed by atoms with E-state index in [9.17, 15) is 0 Å². The molecule has 0 atom stereocenters. The van der Waals surface area contributed by atoms with Gasteiger partial charge in [-0.1, -0.05) is 149 Å². The highest BCUT2D eigenvalue weighted by Crippen LogP contribution is 2.50. The van der Waals surface area contributed by atoms with E-state index in [4.69, 9.17) is 9.47 Å². The van der Waals surface area contributed by atoms with E-state index in [0.29, 0.717) is 0 Å². The Balaban J connectivity index is 0.999. The van der Waals surface area contributed by atoms with Crippen molar-refractivity contribution in [3.8, 4) is 23.0 Å². The number of benzene rings is 11. The molecule has 0 amide bonds. The van der Waals surface area contributed by atoms with Gasteiger partial charge in [-0.05, 0) is 160 Å². The third kappa shape index (κ3) is 6.44. The fourth-order valence-electron chi connectivity index (χ4n) is 11.6. The van der Waals surface area contributed by atoms with Crippen LogP contribution in [-0.2, 0) is 0 Å². The van der Waals surface area contributed by atoms with Crippen LogP contribution in [0.3, 0.4) is 0 Å². The Bertz CT molecular complexity index is 3990. The molecule has 8 heteroatoms. The standard InChI is InChI=1S/C63H40B2N2O2S2/c1-39-25-27-43(28-26-39)66-54-23-13-11-21-50(54)64-52-37-53-58(71-63-49-32-30-47(69-45-19-9-4-10-20-45)34-41(49)36-59-61(63)65(53)51-22-12-14-24-57(51)70-59)38-55(52)67(42-15-5-2-6-16-42)62-48-31-29-46(68-44-17-7-3-8-18-44)33-40(48)35-56(66)60(62)64/h2-38H,1H3. The van der Waals surface area contributed by atoms with Crippen molar-refractivity contribution < 1.29 is 9.47 Å². The molecule has 11 aromatic rings. The Morgan fingerprint density at radius 1 is 0.366 bits per heavy atom. The molecule has 332 valence electrons. The summed E-state index contributed by atoms with van der Waals surface area (Å²) in [6.45, 7) is 2.16. The van der Waals surface area contributed by atoms with Crippen LogP contribution in [0, 0.1) is 6.92 Å². The molecule has 0 N–H and O–H groups in total. The predicted molar refractivity (Wildman–Crippen MR) is 299 cm³/mol. The van der Waals surface area contributed by atoms with Crippen molar-refractivity contribution >= 4 is 125 Å². The summed E-state index contributed by atoms with van der Waals surface area (Å²) in [5.41, 5.74) is 16.3. The molecule has 4 aliphatic rings. The smallest absolute Gasteiger partial charge is 0.252 e. The number of rotatable bonds is 6.